The molecule has 12 heavy (non-hydrogen) atoms. The second-order valence-electron chi connectivity index (χ2n) is 3.14. The van der Waals surface area contributed by atoms with Gasteiger partial charge in [0.25, 0.3) is 0 Å². The van der Waals surface area contributed by atoms with E-state index in [1.165, 1.54) is 18.6 Å². The lowest BCUT2D eigenvalue weighted by molar-refractivity contribution is 0.421. The molecule has 1 heterocycles. The summed E-state index contributed by atoms with van der Waals surface area (Å²) in [4.78, 5) is 0. The van der Waals surface area contributed by atoms with Crippen molar-refractivity contribution in [3.63, 3.8) is 0 Å². The average molecular weight is 184 g/mol. The summed E-state index contributed by atoms with van der Waals surface area (Å²) < 4.78 is 0. The van der Waals surface area contributed by atoms with E-state index in [-0.39, 0.29) is 6.04 Å². The molecule has 1 fully saturated rings. The molecule has 0 aliphatic carbocycles. The Morgan fingerprint density at radius 1 is 1.75 bits per heavy atom. The first-order chi connectivity index (χ1) is 5.88. The number of nitrogens with zero attached hydrogens (tertiary/aromatic N) is 1. The summed E-state index contributed by atoms with van der Waals surface area (Å²) in [7, 11) is 0. The van der Waals surface area contributed by atoms with Crippen LogP contribution in [0.5, 0.6) is 0 Å². The van der Waals surface area contributed by atoms with Gasteiger partial charge in [0.2, 0.25) is 0 Å². The van der Waals surface area contributed by atoms with Crippen LogP contribution in [-0.4, -0.2) is 24.1 Å². The molecule has 2 nitrogen and oxygen atoms in total. The maximum absolute atomic E-state index is 8.89. The summed E-state index contributed by atoms with van der Waals surface area (Å²) in [5.41, 5.74) is 0. The van der Waals surface area contributed by atoms with Crippen LogP contribution >= 0.6 is 11.8 Å². The lowest BCUT2D eigenvalue weighted by Crippen LogP contribution is -2.37. The Labute approximate surface area is 78.7 Å². The zero-order valence-corrected chi connectivity index (χ0v) is 8.36. The Morgan fingerprint density at radius 2 is 2.58 bits per heavy atom. The third-order valence-electron chi connectivity index (χ3n) is 2.23. The smallest absolute Gasteiger partial charge is 0.0989 e. The van der Waals surface area contributed by atoms with Gasteiger partial charge in [0.15, 0.2) is 0 Å². The van der Waals surface area contributed by atoms with Crippen LogP contribution in [-0.2, 0) is 0 Å². The molecule has 0 bridgehead atoms. The molecule has 0 saturated carbocycles. The highest BCUT2D eigenvalue weighted by atomic mass is 32.2. The van der Waals surface area contributed by atoms with Crippen LogP contribution in [0.3, 0.4) is 0 Å². The van der Waals surface area contributed by atoms with Crippen LogP contribution < -0.4 is 5.32 Å². The van der Waals surface area contributed by atoms with Crippen molar-refractivity contribution in [2.75, 3.05) is 18.1 Å². The van der Waals surface area contributed by atoms with Crippen molar-refractivity contribution in [2.45, 2.75) is 25.8 Å². The first-order valence-electron chi connectivity index (χ1n) is 4.59. The first-order valence-corrected chi connectivity index (χ1v) is 5.74. The molecule has 1 rings (SSSR count). The van der Waals surface area contributed by atoms with Gasteiger partial charge in [0, 0.05) is 0 Å². The summed E-state index contributed by atoms with van der Waals surface area (Å²) in [6.07, 6.45) is 2.50. The van der Waals surface area contributed by atoms with Crippen molar-refractivity contribution in [1.82, 2.24) is 5.32 Å². The van der Waals surface area contributed by atoms with Crippen molar-refractivity contribution in [2.24, 2.45) is 5.92 Å². The molecule has 1 N–H and O–H groups in total. The molecular formula is C9H16N2S. The fourth-order valence-electron chi connectivity index (χ4n) is 1.57. The molecule has 3 heteroatoms. The highest BCUT2D eigenvalue weighted by molar-refractivity contribution is 7.99. The SMILES string of the molecule is CCNC(C#N)C1CCCSC1. The maximum atomic E-state index is 8.89. The Balaban J connectivity index is 2.36. The Kier molecular flexibility index (Phi) is 4.49. The standard InChI is InChI=1S/C9H16N2S/c1-2-11-9(6-10)8-4-3-5-12-7-8/h8-9,11H,2-5,7H2,1H3. The minimum absolute atomic E-state index is 0.0859. The van der Waals surface area contributed by atoms with Gasteiger partial charge in [-0.15, -0.1) is 0 Å². The van der Waals surface area contributed by atoms with Gasteiger partial charge < -0.3 is 5.32 Å². The van der Waals surface area contributed by atoms with Gasteiger partial charge >= 0.3 is 0 Å². The second kappa shape index (κ2) is 5.45. The van der Waals surface area contributed by atoms with Crippen molar-refractivity contribution >= 4 is 11.8 Å². The summed E-state index contributed by atoms with van der Waals surface area (Å²) in [5.74, 6) is 3.01. The lowest BCUT2D eigenvalue weighted by atomic mass is 9.97. The second-order valence-corrected chi connectivity index (χ2v) is 4.29. The van der Waals surface area contributed by atoms with E-state index in [1.807, 2.05) is 11.8 Å². The number of hydrogen-bond acceptors (Lipinski definition) is 3. The molecule has 1 saturated heterocycles. The summed E-state index contributed by atoms with van der Waals surface area (Å²) in [6.45, 7) is 2.96. The predicted octanol–water partition coefficient (Wildman–Crippen LogP) is 1.63. The quantitative estimate of drug-likeness (QED) is 0.724. The average Bonchev–Trinajstić information content (AvgIpc) is 2.15. The van der Waals surface area contributed by atoms with E-state index in [0.29, 0.717) is 5.92 Å². The largest absolute Gasteiger partial charge is 0.302 e. The van der Waals surface area contributed by atoms with Crippen LogP contribution in [0.25, 0.3) is 0 Å². The Morgan fingerprint density at radius 3 is 3.08 bits per heavy atom. The van der Waals surface area contributed by atoms with E-state index in [2.05, 4.69) is 18.3 Å². The molecule has 0 aromatic carbocycles. The molecule has 0 spiro atoms. The highest BCUT2D eigenvalue weighted by Crippen LogP contribution is 2.24. The fourth-order valence-corrected chi connectivity index (χ4v) is 2.77. The number of nitrogens with one attached hydrogen (secondary N) is 1. The molecule has 0 aromatic rings. The van der Waals surface area contributed by atoms with Crippen LogP contribution in [0, 0.1) is 17.2 Å². The Hall–Kier alpha value is -0.200. The molecule has 1 aliphatic heterocycles. The van der Waals surface area contributed by atoms with E-state index in [0.717, 1.165) is 12.3 Å². The molecule has 0 radical (unpaired) electrons. The van der Waals surface area contributed by atoms with Gasteiger partial charge in [-0.05, 0) is 36.8 Å². The van der Waals surface area contributed by atoms with Gasteiger partial charge in [-0.1, -0.05) is 6.92 Å². The minimum atomic E-state index is 0.0859. The third kappa shape index (κ3) is 2.69. The monoisotopic (exact) mass is 184 g/mol. The van der Waals surface area contributed by atoms with E-state index in [9.17, 15) is 0 Å². The van der Waals surface area contributed by atoms with E-state index in [1.54, 1.807) is 0 Å². The first kappa shape index (κ1) is 9.88. The van der Waals surface area contributed by atoms with Crippen molar-refractivity contribution in [1.29, 1.82) is 5.26 Å². The van der Waals surface area contributed by atoms with E-state index in [4.69, 9.17) is 5.26 Å². The maximum Gasteiger partial charge on any atom is 0.0989 e. The summed E-state index contributed by atoms with van der Waals surface area (Å²) in [6, 6.07) is 2.43. The fraction of sp³-hybridized carbons (Fsp3) is 0.889. The summed E-state index contributed by atoms with van der Waals surface area (Å²) >= 11 is 1.98. The van der Waals surface area contributed by atoms with Gasteiger partial charge in [-0.2, -0.15) is 17.0 Å². The normalized spacial score (nSPS) is 26.2. The minimum Gasteiger partial charge on any atom is -0.302 e. The summed E-state index contributed by atoms with van der Waals surface area (Å²) in [5, 5.41) is 12.1. The molecule has 1 aliphatic rings. The van der Waals surface area contributed by atoms with Crippen LogP contribution in [0.15, 0.2) is 0 Å². The van der Waals surface area contributed by atoms with Crippen molar-refractivity contribution in [3.05, 3.63) is 0 Å². The Bertz CT molecular complexity index is 158. The van der Waals surface area contributed by atoms with Crippen molar-refractivity contribution in [3.8, 4) is 6.07 Å². The molecule has 2 atom stereocenters. The molecule has 0 aromatic heterocycles. The predicted molar refractivity (Wildman–Crippen MR) is 53.1 cm³/mol. The van der Waals surface area contributed by atoms with E-state index < -0.39 is 0 Å². The number of thioether (sulfide) groups is 1. The molecule has 68 valence electrons. The van der Waals surface area contributed by atoms with Gasteiger partial charge in [-0.25, -0.2) is 0 Å². The van der Waals surface area contributed by atoms with Crippen LogP contribution in [0.4, 0.5) is 0 Å². The molecule has 0 amide bonds. The van der Waals surface area contributed by atoms with E-state index >= 15 is 0 Å². The number of hydrogen-bond donors (Lipinski definition) is 1. The zero-order chi connectivity index (χ0) is 8.81. The lowest BCUT2D eigenvalue weighted by Gasteiger charge is -2.25. The highest BCUT2D eigenvalue weighted by Gasteiger charge is 2.22. The zero-order valence-electron chi connectivity index (χ0n) is 7.55. The molecular weight excluding hydrogens is 168 g/mol. The van der Waals surface area contributed by atoms with Crippen molar-refractivity contribution < 1.29 is 0 Å². The number of rotatable bonds is 3. The van der Waals surface area contributed by atoms with Gasteiger partial charge in [0.05, 0.1) is 12.1 Å². The van der Waals surface area contributed by atoms with Crippen LogP contribution in [0.2, 0.25) is 0 Å². The number of nitriles is 1. The molecule has 2 unspecified atom stereocenters. The topological polar surface area (TPSA) is 35.8 Å². The van der Waals surface area contributed by atoms with Crippen LogP contribution in [0.1, 0.15) is 19.8 Å². The third-order valence-corrected chi connectivity index (χ3v) is 3.47. The van der Waals surface area contributed by atoms with Gasteiger partial charge in [0.1, 0.15) is 0 Å². The van der Waals surface area contributed by atoms with Gasteiger partial charge in [-0.3, -0.25) is 0 Å².